The summed E-state index contributed by atoms with van der Waals surface area (Å²) in [4.78, 5) is 1.93. The largest absolute Gasteiger partial charge is 0.397 e. The van der Waals surface area contributed by atoms with Crippen molar-refractivity contribution < 1.29 is 22.3 Å². The standard InChI is InChI=1S/C4H11NO.C3H6O4S/c1-5(2)3-4-6;1-2-3-7-8(4,5)6/h6H,3-4H2,1-2H3;2H,1,3H2,(H,4,5,6). The molecule has 0 unspecified atom stereocenters. The van der Waals surface area contributed by atoms with Crippen molar-refractivity contribution in [3.05, 3.63) is 12.7 Å². The zero-order valence-corrected chi connectivity index (χ0v) is 9.20. The molecule has 0 spiro atoms. The topological polar surface area (TPSA) is 87.1 Å². The minimum Gasteiger partial charge on any atom is -0.395 e. The van der Waals surface area contributed by atoms with Crippen molar-refractivity contribution >= 4 is 10.4 Å². The summed E-state index contributed by atoms with van der Waals surface area (Å²) in [5.41, 5.74) is 0. The van der Waals surface area contributed by atoms with Crippen molar-refractivity contribution in [1.29, 1.82) is 0 Å². The first-order valence-electron chi connectivity index (χ1n) is 3.81. The van der Waals surface area contributed by atoms with Gasteiger partial charge in [0.25, 0.3) is 0 Å². The van der Waals surface area contributed by atoms with Gasteiger partial charge in [0.15, 0.2) is 0 Å². The summed E-state index contributed by atoms with van der Waals surface area (Å²) in [5, 5.41) is 8.20. The molecule has 6 nitrogen and oxygen atoms in total. The van der Waals surface area contributed by atoms with Crippen molar-refractivity contribution in [2.75, 3.05) is 33.9 Å². The Morgan fingerprint density at radius 2 is 2.00 bits per heavy atom. The van der Waals surface area contributed by atoms with Crippen LogP contribution in [0, 0.1) is 0 Å². The molecular formula is C7H17NO5S. The van der Waals surface area contributed by atoms with E-state index in [1.807, 2.05) is 19.0 Å². The van der Waals surface area contributed by atoms with Gasteiger partial charge in [-0.25, -0.2) is 4.18 Å². The highest BCUT2D eigenvalue weighted by molar-refractivity contribution is 7.80. The molecule has 0 rings (SSSR count). The lowest BCUT2D eigenvalue weighted by atomic mass is 10.6. The van der Waals surface area contributed by atoms with Crippen LogP contribution in [0.1, 0.15) is 0 Å². The van der Waals surface area contributed by atoms with Gasteiger partial charge >= 0.3 is 10.4 Å². The van der Waals surface area contributed by atoms with Crippen molar-refractivity contribution in [2.45, 2.75) is 0 Å². The van der Waals surface area contributed by atoms with E-state index in [-0.39, 0.29) is 13.2 Å². The van der Waals surface area contributed by atoms with Gasteiger partial charge < -0.3 is 10.0 Å². The molecule has 0 radical (unpaired) electrons. The highest BCUT2D eigenvalue weighted by Gasteiger charge is 1.99. The molecule has 0 aliphatic rings. The van der Waals surface area contributed by atoms with Crippen LogP contribution >= 0.6 is 0 Å². The third-order valence-corrected chi connectivity index (χ3v) is 1.32. The van der Waals surface area contributed by atoms with Crippen molar-refractivity contribution in [3.8, 4) is 0 Å². The first kappa shape index (κ1) is 16.0. The van der Waals surface area contributed by atoms with Crippen LogP contribution in [0.15, 0.2) is 12.7 Å². The van der Waals surface area contributed by atoms with Crippen LogP contribution in [0.2, 0.25) is 0 Å². The number of aliphatic hydroxyl groups is 1. The number of nitrogens with zero attached hydrogens (tertiary/aromatic N) is 1. The average molecular weight is 227 g/mol. The van der Waals surface area contributed by atoms with Crippen LogP contribution in [-0.2, 0) is 14.6 Å². The Balaban J connectivity index is 0. The van der Waals surface area contributed by atoms with Gasteiger partial charge in [0, 0.05) is 6.54 Å². The third-order valence-electron chi connectivity index (χ3n) is 0.882. The second kappa shape index (κ2) is 9.10. The van der Waals surface area contributed by atoms with E-state index in [1.54, 1.807) is 0 Å². The van der Waals surface area contributed by atoms with Crippen LogP contribution in [0.5, 0.6) is 0 Å². The molecule has 86 valence electrons. The molecule has 0 aromatic carbocycles. The molecule has 14 heavy (non-hydrogen) atoms. The molecule has 2 N–H and O–H groups in total. The Labute approximate surface area is 84.8 Å². The Hall–Kier alpha value is -0.470. The van der Waals surface area contributed by atoms with Crippen LogP contribution in [0.3, 0.4) is 0 Å². The molecular weight excluding hydrogens is 210 g/mol. The van der Waals surface area contributed by atoms with E-state index in [4.69, 9.17) is 9.66 Å². The summed E-state index contributed by atoms with van der Waals surface area (Å²) in [7, 11) is -0.404. The maximum atomic E-state index is 9.68. The molecule has 0 aliphatic heterocycles. The summed E-state index contributed by atoms with van der Waals surface area (Å²) in [6.45, 7) is 3.99. The van der Waals surface area contributed by atoms with Gasteiger partial charge in [-0.3, -0.25) is 4.55 Å². The van der Waals surface area contributed by atoms with Crippen molar-refractivity contribution in [3.63, 3.8) is 0 Å². The number of rotatable bonds is 5. The lowest BCUT2D eigenvalue weighted by molar-refractivity contribution is 0.243. The van der Waals surface area contributed by atoms with E-state index in [0.29, 0.717) is 0 Å². The van der Waals surface area contributed by atoms with Crippen LogP contribution < -0.4 is 0 Å². The minimum atomic E-state index is -4.26. The number of aliphatic hydroxyl groups excluding tert-OH is 1. The van der Waals surface area contributed by atoms with E-state index in [0.717, 1.165) is 6.54 Å². The van der Waals surface area contributed by atoms with Gasteiger partial charge in [-0.1, -0.05) is 6.08 Å². The Morgan fingerprint density at radius 3 is 2.07 bits per heavy atom. The molecule has 0 atom stereocenters. The van der Waals surface area contributed by atoms with E-state index in [9.17, 15) is 8.42 Å². The Bertz CT molecular complexity index is 224. The second-order valence-corrected chi connectivity index (χ2v) is 3.62. The molecule has 0 fully saturated rings. The average Bonchev–Trinajstić information content (AvgIpc) is 2.00. The van der Waals surface area contributed by atoms with Crippen LogP contribution in [0.4, 0.5) is 0 Å². The highest BCUT2D eigenvalue weighted by atomic mass is 32.3. The number of hydrogen-bond acceptors (Lipinski definition) is 5. The first-order valence-corrected chi connectivity index (χ1v) is 5.18. The maximum absolute atomic E-state index is 9.68. The maximum Gasteiger partial charge on any atom is 0.397 e. The Kier molecular flexibility index (Phi) is 10.4. The molecule has 7 heteroatoms. The summed E-state index contributed by atoms with van der Waals surface area (Å²) < 4.78 is 31.0. The van der Waals surface area contributed by atoms with Gasteiger partial charge in [0.1, 0.15) is 0 Å². The van der Waals surface area contributed by atoms with Crippen LogP contribution in [0.25, 0.3) is 0 Å². The highest BCUT2D eigenvalue weighted by Crippen LogP contribution is 1.83. The molecule has 0 aromatic rings. The molecule has 0 bridgehead atoms. The minimum absolute atomic E-state index is 0.196. The van der Waals surface area contributed by atoms with E-state index < -0.39 is 10.4 Å². The summed E-state index contributed by atoms with van der Waals surface area (Å²) in [6.07, 6.45) is 1.22. The molecule has 0 aromatic heterocycles. The molecule has 0 saturated carbocycles. The smallest absolute Gasteiger partial charge is 0.395 e. The SMILES string of the molecule is C=CCOS(=O)(=O)O.CN(C)CCO. The van der Waals surface area contributed by atoms with Crippen LogP contribution in [-0.4, -0.2) is 56.8 Å². The fourth-order valence-electron chi connectivity index (χ4n) is 0.334. The van der Waals surface area contributed by atoms with Crippen molar-refractivity contribution in [1.82, 2.24) is 4.90 Å². The fourth-order valence-corrected chi connectivity index (χ4v) is 0.602. The predicted octanol–water partition coefficient (Wildman–Crippen LogP) is -0.468. The third kappa shape index (κ3) is 22.5. The summed E-state index contributed by atoms with van der Waals surface area (Å²) >= 11 is 0. The number of hydrogen-bond donors (Lipinski definition) is 2. The first-order chi connectivity index (χ1) is 6.33. The lowest BCUT2D eigenvalue weighted by Gasteiger charge is -2.03. The van der Waals surface area contributed by atoms with Gasteiger partial charge in [-0.15, -0.1) is 6.58 Å². The van der Waals surface area contributed by atoms with Gasteiger partial charge in [-0.05, 0) is 14.1 Å². The van der Waals surface area contributed by atoms with E-state index in [1.165, 1.54) is 6.08 Å². The predicted molar refractivity (Wildman–Crippen MR) is 53.3 cm³/mol. The van der Waals surface area contributed by atoms with E-state index in [2.05, 4.69) is 10.8 Å². The van der Waals surface area contributed by atoms with Gasteiger partial charge in [0.05, 0.1) is 13.2 Å². The zero-order chi connectivity index (χ0) is 11.6. The van der Waals surface area contributed by atoms with E-state index >= 15 is 0 Å². The normalized spacial score (nSPS) is 10.6. The number of likely N-dealkylation sites (N-methyl/N-ethyl adjacent to an activating group) is 1. The summed E-state index contributed by atoms with van der Waals surface area (Å²) in [6, 6.07) is 0. The molecule has 0 heterocycles. The molecule has 0 amide bonds. The van der Waals surface area contributed by atoms with Crippen molar-refractivity contribution in [2.24, 2.45) is 0 Å². The van der Waals surface area contributed by atoms with Gasteiger partial charge in [0.2, 0.25) is 0 Å². The molecule has 0 saturated heterocycles. The lowest BCUT2D eigenvalue weighted by Crippen LogP contribution is -2.15. The second-order valence-electron chi connectivity index (χ2n) is 2.53. The Morgan fingerprint density at radius 1 is 1.50 bits per heavy atom. The zero-order valence-electron chi connectivity index (χ0n) is 8.38. The monoisotopic (exact) mass is 227 g/mol. The molecule has 0 aliphatic carbocycles. The fraction of sp³-hybridized carbons (Fsp3) is 0.714. The quantitative estimate of drug-likeness (QED) is 0.488. The summed E-state index contributed by atoms with van der Waals surface area (Å²) in [5.74, 6) is 0. The van der Waals surface area contributed by atoms with Gasteiger partial charge in [-0.2, -0.15) is 8.42 Å².